The standard InChI is InChI=1S/C32H20N2O6/c35-31-27(19-9-5-11-23(15-19)33(37)38)17-21-7-1-3-13-25(21)29(31)30-26-14-4-2-8-22(26)18-28(32(30)36)20-10-6-12-24(16-20)34(39)40/h1-18,35-36H. The molecular weight excluding hydrogens is 508 g/mol. The summed E-state index contributed by atoms with van der Waals surface area (Å²) in [5, 5.41) is 49.4. The fourth-order valence-corrected chi connectivity index (χ4v) is 5.19. The van der Waals surface area contributed by atoms with E-state index in [2.05, 4.69) is 0 Å². The van der Waals surface area contributed by atoms with E-state index in [0.717, 1.165) is 10.8 Å². The van der Waals surface area contributed by atoms with Crippen LogP contribution in [-0.2, 0) is 0 Å². The second kappa shape index (κ2) is 9.52. The van der Waals surface area contributed by atoms with E-state index < -0.39 is 9.85 Å². The normalized spacial score (nSPS) is 11.1. The van der Waals surface area contributed by atoms with Crippen LogP contribution in [0, 0.1) is 20.2 Å². The van der Waals surface area contributed by atoms with Crippen LogP contribution in [0.1, 0.15) is 0 Å². The molecule has 0 amide bonds. The van der Waals surface area contributed by atoms with E-state index in [1.165, 1.54) is 24.3 Å². The molecule has 0 saturated carbocycles. The molecule has 40 heavy (non-hydrogen) atoms. The lowest BCUT2D eigenvalue weighted by Gasteiger charge is -2.19. The Hall–Kier alpha value is -5.76. The van der Waals surface area contributed by atoms with E-state index in [-0.39, 0.29) is 22.9 Å². The van der Waals surface area contributed by atoms with E-state index in [9.17, 15) is 30.4 Å². The van der Waals surface area contributed by atoms with Crippen molar-refractivity contribution in [3.63, 3.8) is 0 Å². The number of fused-ring (bicyclic) bond motifs is 2. The van der Waals surface area contributed by atoms with Gasteiger partial charge in [-0.2, -0.15) is 0 Å². The first-order valence-corrected chi connectivity index (χ1v) is 12.3. The van der Waals surface area contributed by atoms with Gasteiger partial charge in [-0.1, -0.05) is 72.8 Å². The number of nitrogens with zero attached hydrogens (tertiary/aromatic N) is 2. The highest BCUT2D eigenvalue weighted by atomic mass is 16.6. The summed E-state index contributed by atoms with van der Waals surface area (Å²) < 4.78 is 0. The largest absolute Gasteiger partial charge is 0.507 e. The third-order valence-electron chi connectivity index (χ3n) is 7.03. The van der Waals surface area contributed by atoms with Crippen LogP contribution in [-0.4, -0.2) is 20.1 Å². The van der Waals surface area contributed by atoms with Gasteiger partial charge in [-0.15, -0.1) is 0 Å². The molecule has 0 aliphatic heterocycles. The summed E-state index contributed by atoms with van der Waals surface area (Å²) >= 11 is 0. The number of phenolic OH excluding ortho intramolecular Hbond substituents is 2. The van der Waals surface area contributed by atoms with Gasteiger partial charge in [0.05, 0.1) is 9.85 Å². The molecule has 0 aliphatic rings. The van der Waals surface area contributed by atoms with Gasteiger partial charge in [0, 0.05) is 46.5 Å². The van der Waals surface area contributed by atoms with Crippen LogP contribution in [0.25, 0.3) is 54.9 Å². The van der Waals surface area contributed by atoms with Crippen LogP contribution >= 0.6 is 0 Å². The van der Waals surface area contributed by atoms with Crippen molar-refractivity contribution in [2.45, 2.75) is 0 Å². The van der Waals surface area contributed by atoms with Gasteiger partial charge in [0.25, 0.3) is 11.4 Å². The van der Waals surface area contributed by atoms with Crippen molar-refractivity contribution < 1.29 is 20.1 Å². The van der Waals surface area contributed by atoms with Crippen molar-refractivity contribution in [3.05, 3.63) is 129 Å². The summed E-state index contributed by atoms with van der Waals surface area (Å²) in [4.78, 5) is 21.9. The van der Waals surface area contributed by atoms with Crippen molar-refractivity contribution in [1.82, 2.24) is 0 Å². The van der Waals surface area contributed by atoms with Gasteiger partial charge in [-0.05, 0) is 44.8 Å². The Labute approximate surface area is 227 Å². The Morgan fingerprint density at radius 3 is 1.30 bits per heavy atom. The van der Waals surface area contributed by atoms with E-state index >= 15 is 0 Å². The lowest BCUT2D eigenvalue weighted by atomic mass is 9.86. The molecule has 6 aromatic carbocycles. The summed E-state index contributed by atoms with van der Waals surface area (Å²) in [5.41, 5.74) is 2.07. The average Bonchev–Trinajstić information content (AvgIpc) is 2.97. The van der Waals surface area contributed by atoms with Crippen molar-refractivity contribution in [1.29, 1.82) is 0 Å². The Morgan fingerprint density at radius 2 is 0.900 bits per heavy atom. The lowest BCUT2D eigenvalue weighted by Crippen LogP contribution is -1.93. The van der Waals surface area contributed by atoms with Crippen molar-refractivity contribution >= 4 is 32.9 Å². The highest BCUT2D eigenvalue weighted by Crippen LogP contribution is 2.51. The predicted octanol–water partition coefficient (Wildman–Crippen LogP) is 8.22. The smallest absolute Gasteiger partial charge is 0.270 e. The van der Waals surface area contributed by atoms with Gasteiger partial charge in [0.2, 0.25) is 0 Å². The first kappa shape index (κ1) is 24.6. The second-order valence-electron chi connectivity index (χ2n) is 9.35. The number of nitro benzene ring substituents is 2. The Balaban J connectivity index is 1.73. The minimum Gasteiger partial charge on any atom is -0.507 e. The van der Waals surface area contributed by atoms with Crippen LogP contribution in [0.15, 0.2) is 109 Å². The topological polar surface area (TPSA) is 127 Å². The number of benzene rings is 6. The van der Waals surface area contributed by atoms with Gasteiger partial charge in [0.1, 0.15) is 11.5 Å². The summed E-state index contributed by atoms with van der Waals surface area (Å²) in [5.74, 6) is -0.313. The summed E-state index contributed by atoms with van der Waals surface area (Å²) in [6.45, 7) is 0. The van der Waals surface area contributed by atoms with Gasteiger partial charge in [-0.25, -0.2) is 0 Å². The zero-order valence-electron chi connectivity index (χ0n) is 20.8. The van der Waals surface area contributed by atoms with Crippen LogP contribution in [0.2, 0.25) is 0 Å². The molecule has 0 unspecified atom stereocenters. The third kappa shape index (κ3) is 4.04. The Morgan fingerprint density at radius 1 is 0.500 bits per heavy atom. The Kier molecular flexibility index (Phi) is 5.85. The van der Waals surface area contributed by atoms with Crippen molar-refractivity contribution in [2.24, 2.45) is 0 Å². The maximum atomic E-state index is 11.8. The van der Waals surface area contributed by atoms with Crippen LogP contribution < -0.4 is 0 Å². The number of phenols is 2. The summed E-state index contributed by atoms with van der Waals surface area (Å²) in [7, 11) is 0. The molecule has 8 heteroatoms. The fourth-order valence-electron chi connectivity index (χ4n) is 5.19. The molecule has 194 valence electrons. The molecule has 2 N–H and O–H groups in total. The number of nitro groups is 2. The average molecular weight is 529 g/mol. The lowest BCUT2D eigenvalue weighted by molar-refractivity contribution is -0.385. The first-order valence-electron chi connectivity index (χ1n) is 12.3. The number of rotatable bonds is 5. The van der Waals surface area contributed by atoms with E-state index in [1.807, 2.05) is 48.5 Å². The molecule has 0 atom stereocenters. The number of hydrogen-bond donors (Lipinski definition) is 2. The van der Waals surface area contributed by atoms with Gasteiger partial charge >= 0.3 is 0 Å². The number of aromatic hydroxyl groups is 2. The molecule has 0 radical (unpaired) electrons. The monoisotopic (exact) mass is 528 g/mol. The van der Waals surface area contributed by atoms with Gasteiger partial charge < -0.3 is 10.2 Å². The summed E-state index contributed by atoms with van der Waals surface area (Å²) in [6, 6.07) is 30.3. The molecule has 0 aromatic heterocycles. The summed E-state index contributed by atoms with van der Waals surface area (Å²) in [6.07, 6.45) is 0. The zero-order valence-corrected chi connectivity index (χ0v) is 20.8. The molecular formula is C32H20N2O6. The van der Waals surface area contributed by atoms with Gasteiger partial charge in [0.15, 0.2) is 0 Å². The van der Waals surface area contributed by atoms with E-state index in [4.69, 9.17) is 0 Å². The first-order chi connectivity index (χ1) is 19.3. The molecule has 0 aliphatic carbocycles. The van der Waals surface area contributed by atoms with Crippen LogP contribution in [0.4, 0.5) is 11.4 Å². The Bertz CT molecular complexity index is 1860. The maximum absolute atomic E-state index is 11.8. The molecule has 0 bridgehead atoms. The van der Waals surface area contributed by atoms with Crippen molar-refractivity contribution in [3.8, 4) is 44.9 Å². The molecule has 0 saturated heterocycles. The molecule has 0 heterocycles. The highest BCUT2D eigenvalue weighted by molar-refractivity contribution is 6.14. The van der Waals surface area contributed by atoms with Crippen LogP contribution in [0.5, 0.6) is 11.5 Å². The van der Waals surface area contributed by atoms with Crippen LogP contribution in [0.3, 0.4) is 0 Å². The predicted molar refractivity (Wildman–Crippen MR) is 154 cm³/mol. The SMILES string of the molecule is O=[N+]([O-])c1cccc(-c2cc3ccccc3c(-c3c(O)c(-c4cccc([N+](=O)[O-])c4)cc4ccccc34)c2O)c1. The highest BCUT2D eigenvalue weighted by Gasteiger charge is 2.24. The third-order valence-corrected chi connectivity index (χ3v) is 7.03. The molecule has 8 nitrogen and oxygen atoms in total. The van der Waals surface area contributed by atoms with Gasteiger partial charge in [-0.3, -0.25) is 20.2 Å². The second-order valence-corrected chi connectivity index (χ2v) is 9.35. The molecule has 6 rings (SSSR count). The number of hydrogen-bond acceptors (Lipinski definition) is 6. The zero-order chi connectivity index (χ0) is 28.0. The molecule has 0 spiro atoms. The molecule has 0 fully saturated rings. The van der Waals surface area contributed by atoms with E-state index in [0.29, 0.717) is 44.2 Å². The number of non-ortho nitro benzene ring substituents is 2. The van der Waals surface area contributed by atoms with Crippen molar-refractivity contribution in [2.75, 3.05) is 0 Å². The minimum absolute atomic E-state index is 0.118. The quantitative estimate of drug-likeness (QED) is 0.171. The molecule has 6 aromatic rings. The fraction of sp³-hybridized carbons (Fsp3) is 0. The van der Waals surface area contributed by atoms with E-state index in [1.54, 1.807) is 36.4 Å². The minimum atomic E-state index is -0.496. The maximum Gasteiger partial charge on any atom is 0.270 e.